The molecule has 1 atom stereocenters. The molecule has 1 aromatic carbocycles. The minimum Gasteiger partial charge on any atom is -0.508 e. The van der Waals surface area contributed by atoms with Crippen LogP contribution in [0.15, 0.2) is 71.6 Å². The van der Waals surface area contributed by atoms with E-state index in [0.717, 1.165) is 79.4 Å². The van der Waals surface area contributed by atoms with Gasteiger partial charge in [0.05, 0.1) is 0 Å². The molecule has 0 fully saturated rings. The van der Waals surface area contributed by atoms with E-state index >= 15 is 0 Å². The maximum Gasteiger partial charge on any atom is 0.246 e. The average Bonchev–Trinajstić information content (AvgIpc) is 2.88. The summed E-state index contributed by atoms with van der Waals surface area (Å²) in [6.45, 7) is 11.0. The zero-order valence-corrected chi connectivity index (χ0v) is 23.8. The summed E-state index contributed by atoms with van der Waals surface area (Å²) in [5.41, 5.74) is 6.49. The van der Waals surface area contributed by atoms with Crippen molar-refractivity contribution in [3.63, 3.8) is 0 Å². The largest absolute Gasteiger partial charge is 0.508 e. The summed E-state index contributed by atoms with van der Waals surface area (Å²) in [5, 5.41) is 12.8. The van der Waals surface area contributed by atoms with Crippen molar-refractivity contribution in [3.8, 4) is 11.5 Å². The quantitative estimate of drug-likeness (QED) is 0.224. The number of aryl methyl sites for hydroxylation is 2. The van der Waals surface area contributed by atoms with Gasteiger partial charge in [0.1, 0.15) is 17.1 Å². The summed E-state index contributed by atoms with van der Waals surface area (Å²) in [4.78, 5) is 16.4. The summed E-state index contributed by atoms with van der Waals surface area (Å²) in [6, 6.07) is 7.44. The Morgan fingerprint density at radius 1 is 1.11 bits per heavy atom. The smallest absolute Gasteiger partial charge is 0.246 e. The van der Waals surface area contributed by atoms with Gasteiger partial charge in [0, 0.05) is 24.5 Å². The summed E-state index contributed by atoms with van der Waals surface area (Å²) >= 11 is 0. The zero-order valence-electron chi connectivity index (χ0n) is 23.8. The maximum atomic E-state index is 12.3. The molecule has 1 aliphatic rings. The molecule has 0 saturated heterocycles. The van der Waals surface area contributed by atoms with E-state index in [2.05, 4.69) is 43.2 Å². The molecule has 0 bridgehead atoms. The second-order valence-electron chi connectivity index (χ2n) is 11.0. The number of pyridine rings is 1. The van der Waals surface area contributed by atoms with E-state index in [1.54, 1.807) is 18.5 Å². The SMILES string of the molecule is C/C(=C\CC/C(C)=C/CC[C@]1(C)CCc2cc(O)cc(C)c2O1)CC/C=C(\C)C(=O)NCc1cccnc1. The number of rotatable bonds is 12. The van der Waals surface area contributed by atoms with Crippen molar-refractivity contribution < 1.29 is 14.6 Å². The molecule has 5 nitrogen and oxygen atoms in total. The number of carbonyl (C=O) groups excluding carboxylic acids is 1. The number of fused-ring (bicyclic) bond motifs is 1. The summed E-state index contributed by atoms with van der Waals surface area (Å²) in [6.07, 6.45) is 18.0. The van der Waals surface area contributed by atoms with Gasteiger partial charge in [-0.3, -0.25) is 9.78 Å². The first-order valence-corrected chi connectivity index (χ1v) is 13.8. The molecular weight excluding hydrogens is 472 g/mol. The van der Waals surface area contributed by atoms with Crippen LogP contribution in [0.4, 0.5) is 0 Å². The van der Waals surface area contributed by atoms with Crippen LogP contribution in [0.1, 0.15) is 89.3 Å². The van der Waals surface area contributed by atoms with Gasteiger partial charge in [0.15, 0.2) is 0 Å². The van der Waals surface area contributed by atoms with Gasteiger partial charge in [-0.05, 0) is 121 Å². The molecule has 1 aromatic heterocycles. The Kier molecular flexibility index (Phi) is 10.8. The fourth-order valence-electron chi connectivity index (χ4n) is 4.84. The number of allylic oxidation sites excluding steroid dienone is 5. The van der Waals surface area contributed by atoms with Crippen LogP contribution in [-0.2, 0) is 17.8 Å². The first-order chi connectivity index (χ1) is 18.1. The first kappa shape index (κ1) is 29.2. The van der Waals surface area contributed by atoms with Crippen molar-refractivity contribution >= 4 is 5.91 Å². The lowest BCUT2D eigenvalue weighted by molar-refractivity contribution is -0.117. The third kappa shape index (κ3) is 9.20. The number of nitrogens with zero attached hydrogens (tertiary/aromatic N) is 1. The second-order valence-corrected chi connectivity index (χ2v) is 11.0. The number of amides is 1. The predicted octanol–water partition coefficient (Wildman–Crippen LogP) is 7.68. The monoisotopic (exact) mass is 516 g/mol. The normalized spacial score (nSPS) is 18.1. The topological polar surface area (TPSA) is 71.5 Å². The van der Waals surface area contributed by atoms with E-state index in [-0.39, 0.29) is 11.5 Å². The van der Waals surface area contributed by atoms with E-state index in [9.17, 15) is 9.90 Å². The van der Waals surface area contributed by atoms with Crippen molar-refractivity contribution in [1.82, 2.24) is 10.3 Å². The Balaban J connectivity index is 1.35. The highest BCUT2D eigenvalue weighted by molar-refractivity contribution is 5.92. The Morgan fingerprint density at radius 3 is 2.53 bits per heavy atom. The minimum absolute atomic E-state index is 0.0256. The van der Waals surface area contributed by atoms with Crippen LogP contribution in [0.5, 0.6) is 11.5 Å². The van der Waals surface area contributed by atoms with Crippen molar-refractivity contribution in [2.24, 2.45) is 0 Å². The van der Waals surface area contributed by atoms with Crippen molar-refractivity contribution in [2.75, 3.05) is 0 Å². The van der Waals surface area contributed by atoms with E-state index in [1.165, 1.54) is 11.1 Å². The van der Waals surface area contributed by atoms with Crippen molar-refractivity contribution in [1.29, 1.82) is 0 Å². The minimum atomic E-state index is -0.163. The Labute approximate surface area is 228 Å². The van der Waals surface area contributed by atoms with Gasteiger partial charge in [0.2, 0.25) is 5.91 Å². The van der Waals surface area contributed by atoms with Gasteiger partial charge in [-0.15, -0.1) is 0 Å². The predicted molar refractivity (Wildman–Crippen MR) is 155 cm³/mol. The molecule has 2 aromatic rings. The van der Waals surface area contributed by atoms with Gasteiger partial charge < -0.3 is 15.2 Å². The lowest BCUT2D eigenvalue weighted by Crippen LogP contribution is -2.36. The van der Waals surface area contributed by atoms with Gasteiger partial charge in [-0.1, -0.05) is 35.4 Å². The number of nitrogens with one attached hydrogen (secondary N) is 1. The van der Waals surface area contributed by atoms with Gasteiger partial charge >= 0.3 is 0 Å². The number of ether oxygens (including phenoxy) is 1. The molecular formula is C33H44N2O3. The van der Waals surface area contributed by atoms with Crippen LogP contribution in [0, 0.1) is 6.92 Å². The number of benzene rings is 1. The molecule has 5 heteroatoms. The number of aromatic hydroxyl groups is 1. The molecule has 0 aliphatic carbocycles. The third-order valence-electron chi connectivity index (χ3n) is 7.33. The highest BCUT2D eigenvalue weighted by Gasteiger charge is 2.32. The first-order valence-electron chi connectivity index (χ1n) is 13.8. The molecule has 3 rings (SSSR count). The van der Waals surface area contributed by atoms with E-state index < -0.39 is 0 Å². The summed E-state index contributed by atoms with van der Waals surface area (Å²) in [5.74, 6) is 1.25. The second kappa shape index (κ2) is 14.0. The fraction of sp³-hybridized carbons (Fsp3) is 0.455. The highest BCUT2D eigenvalue weighted by atomic mass is 16.5. The lowest BCUT2D eigenvalue weighted by atomic mass is 9.87. The number of phenols is 1. The molecule has 204 valence electrons. The number of hydrogen-bond donors (Lipinski definition) is 2. The van der Waals surface area contributed by atoms with Crippen LogP contribution in [-0.4, -0.2) is 21.6 Å². The van der Waals surface area contributed by atoms with Crippen LogP contribution >= 0.6 is 0 Å². The number of phenolic OH excluding ortho intramolecular Hbond substituents is 1. The van der Waals surface area contributed by atoms with E-state index in [4.69, 9.17) is 4.74 Å². The summed E-state index contributed by atoms with van der Waals surface area (Å²) < 4.78 is 6.42. The Hall–Kier alpha value is -3.34. The Morgan fingerprint density at radius 2 is 1.82 bits per heavy atom. The molecule has 0 radical (unpaired) electrons. The number of aromatic nitrogens is 1. The standard InChI is InChI=1S/C33H44N2O3/c1-24(12-7-14-26(3)32(37)35-23-28-15-9-19-34-22-28)10-6-11-25(2)13-8-17-33(5)18-16-29-21-30(36)20-27(4)31(29)38-33/h9-10,13-15,19-22,36H,6-8,11-12,16-18,23H2,1-5H3,(H,35,37)/b24-10+,25-13+,26-14+/t33-/m1/s1. The van der Waals surface area contributed by atoms with Crippen LogP contribution < -0.4 is 10.1 Å². The fourth-order valence-corrected chi connectivity index (χ4v) is 4.84. The van der Waals surface area contributed by atoms with E-state index in [1.807, 2.05) is 38.1 Å². The molecule has 2 heterocycles. The molecule has 0 unspecified atom stereocenters. The maximum absolute atomic E-state index is 12.3. The van der Waals surface area contributed by atoms with Crippen LogP contribution in [0.2, 0.25) is 0 Å². The molecule has 0 spiro atoms. The molecule has 1 amide bonds. The molecule has 38 heavy (non-hydrogen) atoms. The molecule has 0 saturated carbocycles. The van der Waals surface area contributed by atoms with E-state index in [0.29, 0.717) is 12.3 Å². The highest BCUT2D eigenvalue weighted by Crippen LogP contribution is 2.39. The average molecular weight is 517 g/mol. The molecule has 2 N–H and O–H groups in total. The molecule has 1 aliphatic heterocycles. The van der Waals surface area contributed by atoms with Crippen LogP contribution in [0.3, 0.4) is 0 Å². The third-order valence-corrected chi connectivity index (χ3v) is 7.33. The Bertz CT molecular complexity index is 1180. The van der Waals surface area contributed by atoms with Gasteiger partial charge in [0.25, 0.3) is 0 Å². The van der Waals surface area contributed by atoms with Gasteiger partial charge in [-0.2, -0.15) is 0 Å². The van der Waals surface area contributed by atoms with Crippen molar-refractivity contribution in [2.45, 2.75) is 98.1 Å². The number of carbonyl (C=O) groups is 1. The lowest BCUT2D eigenvalue weighted by Gasteiger charge is -2.36. The van der Waals surface area contributed by atoms with Gasteiger partial charge in [-0.25, -0.2) is 0 Å². The van der Waals surface area contributed by atoms with Crippen molar-refractivity contribution in [3.05, 3.63) is 88.3 Å². The zero-order chi connectivity index (χ0) is 27.5. The number of hydrogen-bond acceptors (Lipinski definition) is 4. The van der Waals surface area contributed by atoms with Crippen LogP contribution in [0.25, 0.3) is 0 Å². The summed E-state index contributed by atoms with van der Waals surface area (Å²) in [7, 11) is 0.